The van der Waals surface area contributed by atoms with Crippen LogP contribution in [0.15, 0.2) is 24.3 Å². The van der Waals surface area contributed by atoms with Gasteiger partial charge >= 0.3 is 6.18 Å². The number of benzene rings is 1. The summed E-state index contributed by atoms with van der Waals surface area (Å²) in [5.41, 5.74) is 0.313. The number of carbonyl (C=O) groups is 1. The zero-order chi connectivity index (χ0) is 14.9. The van der Waals surface area contributed by atoms with E-state index in [0.29, 0.717) is 21.3 Å². The number of rotatable bonds is 2. The molecule has 1 heterocycles. The number of halogens is 3. The number of hydrogen-bond donors (Lipinski definition) is 1. The molecule has 0 atom stereocenters. The van der Waals surface area contributed by atoms with Crippen LogP contribution in [0, 0.1) is 6.92 Å². The molecule has 0 unspecified atom stereocenters. The Balaban J connectivity index is 2.41. The van der Waals surface area contributed by atoms with Crippen molar-refractivity contribution in [3.63, 3.8) is 0 Å². The van der Waals surface area contributed by atoms with E-state index in [2.05, 4.69) is 10.3 Å². The lowest BCUT2D eigenvalue weighted by Gasteiger charge is -2.07. The van der Waals surface area contributed by atoms with E-state index in [1.807, 2.05) is 0 Å². The Morgan fingerprint density at radius 3 is 2.65 bits per heavy atom. The fourth-order valence-electron chi connectivity index (χ4n) is 1.71. The van der Waals surface area contributed by atoms with Gasteiger partial charge < -0.3 is 5.32 Å². The van der Waals surface area contributed by atoms with Crippen LogP contribution in [-0.2, 0) is 11.0 Å². The Morgan fingerprint density at radius 1 is 1.35 bits per heavy atom. The number of amides is 1. The molecule has 0 aliphatic rings. The average molecular weight is 300 g/mol. The molecule has 1 aromatic heterocycles. The minimum absolute atomic E-state index is 0.269. The number of aromatic nitrogens is 1. The van der Waals surface area contributed by atoms with Crippen LogP contribution in [0.25, 0.3) is 10.4 Å². The Bertz CT molecular complexity index is 649. The molecular weight excluding hydrogens is 289 g/mol. The van der Waals surface area contributed by atoms with E-state index in [4.69, 9.17) is 0 Å². The van der Waals surface area contributed by atoms with Crippen LogP contribution < -0.4 is 5.32 Å². The summed E-state index contributed by atoms with van der Waals surface area (Å²) < 4.78 is 38.1. The van der Waals surface area contributed by atoms with Crippen molar-refractivity contribution in [2.45, 2.75) is 20.0 Å². The molecule has 0 fully saturated rings. The molecule has 2 aromatic rings. The van der Waals surface area contributed by atoms with Crippen LogP contribution in [0.4, 0.5) is 18.3 Å². The van der Waals surface area contributed by atoms with Gasteiger partial charge in [0.2, 0.25) is 5.91 Å². The van der Waals surface area contributed by atoms with Crippen molar-refractivity contribution in [1.29, 1.82) is 0 Å². The molecule has 0 bridgehead atoms. The number of hydrogen-bond acceptors (Lipinski definition) is 3. The van der Waals surface area contributed by atoms with Gasteiger partial charge in [0, 0.05) is 6.92 Å². The number of aryl methyl sites for hydroxylation is 1. The summed E-state index contributed by atoms with van der Waals surface area (Å²) in [5.74, 6) is -0.269. The summed E-state index contributed by atoms with van der Waals surface area (Å²) in [6, 6.07) is 5.05. The minimum Gasteiger partial charge on any atom is -0.302 e. The zero-order valence-corrected chi connectivity index (χ0v) is 11.5. The van der Waals surface area contributed by atoms with Crippen molar-refractivity contribution in [2.24, 2.45) is 0 Å². The van der Waals surface area contributed by atoms with Crippen LogP contribution in [0.3, 0.4) is 0 Å². The lowest BCUT2D eigenvalue weighted by atomic mass is 10.1. The van der Waals surface area contributed by atoms with Gasteiger partial charge in [-0.15, -0.1) is 0 Å². The summed E-state index contributed by atoms with van der Waals surface area (Å²) in [5, 5.41) is 2.90. The van der Waals surface area contributed by atoms with Crippen molar-refractivity contribution in [1.82, 2.24) is 4.98 Å². The fourth-order valence-corrected chi connectivity index (χ4v) is 2.71. The molecule has 1 amide bonds. The van der Waals surface area contributed by atoms with Gasteiger partial charge in [-0.1, -0.05) is 23.5 Å². The highest BCUT2D eigenvalue weighted by Gasteiger charge is 2.30. The standard InChI is InChI=1S/C13H11F3N2OS/c1-7-11(20-12(17-7)18-8(2)19)9-4-3-5-10(6-9)13(14,15)16/h3-6H,1-2H3,(H,17,18,19). The van der Waals surface area contributed by atoms with E-state index in [-0.39, 0.29) is 5.91 Å². The van der Waals surface area contributed by atoms with Gasteiger partial charge in [0.25, 0.3) is 0 Å². The lowest BCUT2D eigenvalue weighted by molar-refractivity contribution is -0.137. The molecule has 0 aliphatic heterocycles. The third-order valence-electron chi connectivity index (χ3n) is 2.53. The second kappa shape index (κ2) is 5.24. The van der Waals surface area contributed by atoms with Gasteiger partial charge in [0.15, 0.2) is 5.13 Å². The van der Waals surface area contributed by atoms with E-state index >= 15 is 0 Å². The zero-order valence-electron chi connectivity index (χ0n) is 10.7. The number of alkyl halides is 3. The molecular formula is C13H11F3N2OS. The third-order valence-corrected chi connectivity index (χ3v) is 3.65. The molecule has 1 aromatic carbocycles. The van der Waals surface area contributed by atoms with Crippen LogP contribution in [0.1, 0.15) is 18.2 Å². The molecule has 0 aliphatic carbocycles. The SMILES string of the molecule is CC(=O)Nc1nc(C)c(-c2cccc(C(F)(F)F)c2)s1. The quantitative estimate of drug-likeness (QED) is 0.907. The fraction of sp³-hybridized carbons (Fsp3) is 0.231. The number of thiazole rings is 1. The minimum atomic E-state index is -4.38. The first-order chi connectivity index (χ1) is 9.27. The van der Waals surface area contributed by atoms with E-state index in [0.717, 1.165) is 23.5 Å². The molecule has 0 saturated heterocycles. The smallest absolute Gasteiger partial charge is 0.302 e. The second-order valence-corrected chi connectivity index (χ2v) is 5.19. The van der Waals surface area contributed by atoms with Crippen LogP contribution in [0.5, 0.6) is 0 Å². The Kier molecular flexibility index (Phi) is 3.80. The molecule has 0 saturated carbocycles. The van der Waals surface area contributed by atoms with E-state index < -0.39 is 11.7 Å². The first-order valence-electron chi connectivity index (χ1n) is 5.70. The third kappa shape index (κ3) is 3.16. The molecule has 106 valence electrons. The lowest BCUT2D eigenvalue weighted by Crippen LogP contribution is -2.04. The average Bonchev–Trinajstić information content (AvgIpc) is 2.68. The number of nitrogens with zero attached hydrogens (tertiary/aromatic N) is 1. The predicted molar refractivity (Wildman–Crippen MR) is 71.6 cm³/mol. The van der Waals surface area contributed by atoms with E-state index in [9.17, 15) is 18.0 Å². The normalized spacial score (nSPS) is 11.4. The highest BCUT2D eigenvalue weighted by molar-refractivity contribution is 7.19. The van der Waals surface area contributed by atoms with E-state index in [1.54, 1.807) is 13.0 Å². The molecule has 0 spiro atoms. The highest BCUT2D eigenvalue weighted by Crippen LogP contribution is 2.36. The summed E-state index contributed by atoms with van der Waals surface area (Å²) in [6.45, 7) is 3.04. The summed E-state index contributed by atoms with van der Waals surface area (Å²) >= 11 is 1.15. The molecule has 20 heavy (non-hydrogen) atoms. The van der Waals surface area contributed by atoms with Gasteiger partial charge in [-0.2, -0.15) is 13.2 Å². The van der Waals surface area contributed by atoms with Gasteiger partial charge in [0.1, 0.15) is 0 Å². The molecule has 2 rings (SSSR count). The van der Waals surface area contributed by atoms with Crippen LogP contribution in [-0.4, -0.2) is 10.9 Å². The topological polar surface area (TPSA) is 42.0 Å². The Morgan fingerprint density at radius 2 is 2.05 bits per heavy atom. The highest BCUT2D eigenvalue weighted by atomic mass is 32.1. The Labute approximate surface area is 117 Å². The first kappa shape index (κ1) is 14.5. The van der Waals surface area contributed by atoms with Crippen molar-refractivity contribution >= 4 is 22.4 Å². The maximum absolute atomic E-state index is 12.7. The number of anilines is 1. The second-order valence-electron chi connectivity index (χ2n) is 4.19. The Hall–Kier alpha value is -1.89. The number of nitrogens with one attached hydrogen (secondary N) is 1. The molecule has 3 nitrogen and oxygen atoms in total. The van der Waals surface area contributed by atoms with Gasteiger partial charge in [-0.3, -0.25) is 4.79 Å². The largest absolute Gasteiger partial charge is 0.416 e. The molecule has 7 heteroatoms. The maximum Gasteiger partial charge on any atom is 0.416 e. The number of carbonyl (C=O) groups excluding carboxylic acids is 1. The predicted octanol–water partition coefficient (Wildman–Crippen LogP) is 4.10. The van der Waals surface area contributed by atoms with Gasteiger partial charge in [-0.05, 0) is 24.6 Å². The van der Waals surface area contributed by atoms with E-state index in [1.165, 1.54) is 13.0 Å². The summed E-state index contributed by atoms with van der Waals surface area (Å²) in [7, 11) is 0. The van der Waals surface area contributed by atoms with Gasteiger partial charge in [0.05, 0.1) is 16.1 Å². The van der Waals surface area contributed by atoms with Crippen LogP contribution in [0.2, 0.25) is 0 Å². The van der Waals surface area contributed by atoms with Crippen molar-refractivity contribution < 1.29 is 18.0 Å². The summed E-state index contributed by atoms with van der Waals surface area (Å²) in [4.78, 5) is 15.7. The van der Waals surface area contributed by atoms with Crippen LogP contribution >= 0.6 is 11.3 Å². The molecule has 1 N–H and O–H groups in total. The summed E-state index contributed by atoms with van der Waals surface area (Å²) in [6.07, 6.45) is -4.38. The van der Waals surface area contributed by atoms with Crippen molar-refractivity contribution in [3.8, 4) is 10.4 Å². The first-order valence-corrected chi connectivity index (χ1v) is 6.51. The van der Waals surface area contributed by atoms with Crippen molar-refractivity contribution in [2.75, 3.05) is 5.32 Å². The van der Waals surface area contributed by atoms with Crippen molar-refractivity contribution in [3.05, 3.63) is 35.5 Å². The molecule has 0 radical (unpaired) electrons. The van der Waals surface area contributed by atoms with Gasteiger partial charge in [-0.25, -0.2) is 4.98 Å². The maximum atomic E-state index is 12.7. The monoisotopic (exact) mass is 300 g/mol.